The minimum absolute atomic E-state index is 0.00692. The van der Waals surface area contributed by atoms with Gasteiger partial charge in [0.1, 0.15) is 6.54 Å². The summed E-state index contributed by atoms with van der Waals surface area (Å²) in [6, 6.07) is 9.64. The van der Waals surface area contributed by atoms with Crippen molar-refractivity contribution in [3.8, 4) is 0 Å². The van der Waals surface area contributed by atoms with Gasteiger partial charge in [-0.3, -0.25) is 9.59 Å². The molecule has 2 amide bonds. The summed E-state index contributed by atoms with van der Waals surface area (Å²) in [5, 5.41) is 0. The van der Waals surface area contributed by atoms with Crippen molar-refractivity contribution in [1.29, 1.82) is 0 Å². The minimum atomic E-state index is -0.0650. The predicted octanol–water partition coefficient (Wildman–Crippen LogP) is 1.24. The molecule has 3 aliphatic rings. The Balaban J connectivity index is 1.44. The standard InChI is InChI=1S/C18H23N3O2/c19-17-13-7-6-12(10-13)16(17)18(23)20-8-9-21(15(22)11-20)14-4-2-1-3-5-14/h1-5,12-13,16-17H,6-11,19H2/t12-,13+,16-,17+/m1/s1. The largest absolute Gasteiger partial charge is 0.331 e. The number of hydrogen-bond donors (Lipinski definition) is 1. The van der Waals surface area contributed by atoms with Crippen molar-refractivity contribution in [2.75, 3.05) is 24.5 Å². The zero-order chi connectivity index (χ0) is 16.0. The van der Waals surface area contributed by atoms with Crippen LogP contribution < -0.4 is 10.6 Å². The average molecular weight is 313 g/mol. The highest BCUT2D eigenvalue weighted by Crippen LogP contribution is 2.48. The second kappa shape index (κ2) is 5.64. The fraction of sp³-hybridized carbons (Fsp3) is 0.556. The highest BCUT2D eigenvalue weighted by atomic mass is 16.2. The summed E-state index contributed by atoms with van der Waals surface area (Å²) < 4.78 is 0. The fourth-order valence-electron chi connectivity index (χ4n) is 4.66. The maximum Gasteiger partial charge on any atom is 0.246 e. The molecule has 2 bridgehead atoms. The van der Waals surface area contributed by atoms with Crippen LogP contribution in [-0.2, 0) is 9.59 Å². The first-order valence-corrected chi connectivity index (χ1v) is 8.55. The molecule has 1 saturated heterocycles. The molecule has 5 nitrogen and oxygen atoms in total. The predicted molar refractivity (Wildman–Crippen MR) is 87.7 cm³/mol. The number of hydrogen-bond acceptors (Lipinski definition) is 3. The third-order valence-corrected chi connectivity index (χ3v) is 5.87. The van der Waals surface area contributed by atoms with Gasteiger partial charge in [-0.2, -0.15) is 0 Å². The molecule has 5 heteroatoms. The number of piperazine rings is 1. The van der Waals surface area contributed by atoms with Crippen LogP contribution in [0.2, 0.25) is 0 Å². The van der Waals surface area contributed by atoms with Crippen molar-refractivity contribution in [1.82, 2.24) is 4.90 Å². The molecule has 2 aliphatic carbocycles. The van der Waals surface area contributed by atoms with E-state index in [1.54, 1.807) is 9.80 Å². The van der Waals surface area contributed by atoms with Crippen LogP contribution in [0.15, 0.2) is 30.3 Å². The van der Waals surface area contributed by atoms with Crippen molar-refractivity contribution in [2.24, 2.45) is 23.5 Å². The normalized spacial score (nSPS) is 33.3. The highest BCUT2D eigenvalue weighted by molar-refractivity contribution is 5.98. The maximum atomic E-state index is 12.9. The summed E-state index contributed by atoms with van der Waals surface area (Å²) in [6.45, 7) is 1.33. The van der Waals surface area contributed by atoms with Crippen molar-refractivity contribution in [2.45, 2.75) is 25.3 Å². The number of nitrogens with two attached hydrogens (primary N) is 1. The molecule has 0 spiro atoms. The molecule has 2 N–H and O–H groups in total. The molecule has 1 aromatic rings. The number of para-hydroxylation sites is 1. The van der Waals surface area contributed by atoms with E-state index >= 15 is 0 Å². The Labute approximate surface area is 136 Å². The summed E-state index contributed by atoms with van der Waals surface area (Å²) in [5.41, 5.74) is 7.19. The van der Waals surface area contributed by atoms with Gasteiger partial charge < -0.3 is 15.5 Å². The molecule has 1 aromatic carbocycles. The van der Waals surface area contributed by atoms with Gasteiger partial charge in [0, 0.05) is 24.8 Å². The molecular formula is C18H23N3O2. The molecule has 0 aromatic heterocycles. The molecule has 23 heavy (non-hydrogen) atoms. The lowest BCUT2D eigenvalue weighted by atomic mass is 9.84. The van der Waals surface area contributed by atoms with E-state index in [1.807, 2.05) is 30.3 Å². The summed E-state index contributed by atoms with van der Waals surface area (Å²) in [7, 11) is 0. The first-order valence-electron chi connectivity index (χ1n) is 8.55. The number of carbonyl (C=O) groups excluding carboxylic acids is 2. The van der Waals surface area contributed by atoms with E-state index in [0.29, 0.717) is 24.9 Å². The molecular weight excluding hydrogens is 290 g/mol. The quantitative estimate of drug-likeness (QED) is 0.893. The van der Waals surface area contributed by atoms with Crippen LogP contribution in [0, 0.1) is 17.8 Å². The van der Waals surface area contributed by atoms with Crippen LogP contribution in [0.1, 0.15) is 19.3 Å². The van der Waals surface area contributed by atoms with E-state index in [1.165, 1.54) is 0 Å². The van der Waals surface area contributed by atoms with Crippen LogP contribution >= 0.6 is 0 Å². The Bertz CT molecular complexity index is 616. The van der Waals surface area contributed by atoms with Gasteiger partial charge in [0.25, 0.3) is 0 Å². The van der Waals surface area contributed by atoms with Gasteiger partial charge in [-0.15, -0.1) is 0 Å². The number of fused-ring (bicyclic) bond motifs is 2. The molecule has 2 saturated carbocycles. The monoisotopic (exact) mass is 313 g/mol. The minimum Gasteiger partial charge on any atom is -0.331 e. The SMILES string of the molecule is N[C@H]1[C@H]2CC[C@H](C2)[C@H]1C(=O)N1CCN(c2ccccc2)C(=O)C1. The van der Waals surface area contributed by atoms with Crippen molar-refractivity contribution in [3.63, 3.8) is 0 Å². The molecule has 4 rings (SSSR count). The first kappa shape index (κ1) is 14.7. The second-order valence-electron chi connectivity index (χ2n) is 7.08. The first-order chi connectivity index (χ1) is 11.1. The number of anilines is 1. The van der Waals surface area contributed by atoms with Crippen LogP contribution in [0.5, 0.6) is 0 Å². The third kappa shape index (κ3) is 2.43. The summed E-state index contributed by atoms with van der Waals surface area (Å²) in [4.78, 5) is 28.8. The van der Waals surface area contributed by atoms with Gasteiger partial charge in [0.15, 0.2) is 0 Å². The Hall–Kier alpha value is -1.88. The number of nitrogens with zero attached hydrogens (tertiary/aromatic N) is 2. The zero-order valence-electron chi connectivity index (χ0n) is 13.2. The van der Waals surface area contributed by atoms with E-state index in [9.17, 15) is 9.59 Å². The van der Waals surface area contributed by atoms with Crippen LogP contribution in [-0.4, -0.2) is 42.4 Å². The molecule has 1 aliphatic heterocycles. The van der Waals surface area contributed by atoms with Gasteiger partial charge in [0.05, 0.1) is 5.92 Å². The van der Waals surface area contributed by atoms with Gasteiger partial charge in [-0.1, -0.05) is 18.2 Å². The van der Waals surface area contributed by atoms with Crippen LogP contribution in [0.4, 0.5) is 5.69 Å². The lowest BCUT2D eigenvalue weighted by Crippen LogP contribution is -2.56. The number of rotatable bonds is 2. The van der Waals surface area contributed by atoms with Gasteiger partial charge in [-0.05, 0) is 43.2 Å². The van der Waals surface area contributed by atoms with Crippen molar-refractivity contribution >= 4 is 17.5 Å². The molecule has 122 valence electrons. The van der Waals surface area contributed by atoms with E-state index in [0.717, 1.165) is 24.9 Å². The van der Waals surface area contributed by atoms with Crippen LogP contribution in [0.25, 0.3) is 0 Å². The molecule has 4 atom stereocenters. The van der Waals surface area contributed by atoms with E-state index in [-0.39, 0.29) is 30.3 Å². The Morgan fingerprint density at radius 1 is 1.09 bits per heavy atom. The van der Waals surface area contributed by atoms with Gasteiger partial charge in [0.2, 0.25) is 11.8 Å². The highest BCUT2D eigenvalue weighted by Gasteiger charge is 2.50. The number of benzene rings is 1. The maximum absolute atomic E-state index is 12.9. The van der Waals surface area contributed by atoms with Gasteiger partial charge >= 0.3 is 0 Å². The molecule has 1 heterocycles. The molecule has 0 unspecified atom stereocenters. The van der Waals surface area contributed by atoms with Crippen molar-refractivity contribution < 1.29 is 9.59 Å². The van der Waals surface area contributed by atoms with Crippen molar-refractivity contribution in [3.05, 3.63) is 30.3 Å². The summed E-state index contributed by atoms with van der Waals surface area (Å²) in [6.07, 6.45) is 3.37. The van der Waals surface area contributed by atoms with E-state index in [2.05, 4.69) is 0 Å². The topological polar surface area (TPSA) is 66.6 Å². The Morgan fingerprint density at radius 2 is 1.83 bits per heavy atom. The zero-order valence-corrected chi connectivity index (χ0v) is 13.2. The third-order valence-electron chi connectivity index (χ3n) is 5.87. The Kier molecular flexibility index (Phi) is 3.60. The van der Waals surface area contributed by atoms with E-state index in [4.69, 9.17) is 5.73 Å². The fourth-order valence-corrected chi connectivity index (χ4v) is 4.66. The smallest absolute Gasteiger partial charge is 0.246 e. The molecule has 0 radical (unpaired) electrons. The Morgan fingerprint density at radius 3 is 2.48 bits per heavy atom. The van der Waals surface area contributed by atoms with Gasteiger partial charge in [-0.25, -0.2) is 0 Å². The molecule has 3 fully saturated rings. The van der Waals surface area contributed by atoms with Crippen LogP contribution in [0.3, 0.4) is 0 Å². The lowest BCUT2D eigenvalue weighted by Gasteiger charge is -2.38. The number of carbonyl (C=O) groups is 2. The second-order valence-corrected chi connectivity index (χ2v) is 7.08. The van der Waals surface area contributed by atoms with E-state index < -0.39 is 0 Å². The number of amides is 2. The summed E-state index contributed by atoms with van der Waals surface area (Å²) >= 11 is 0. The summed E-state index contributed by atoms with van der Waals surface area (Å²) in [5.74, 6) is 0.975. The average Bonchev–Trinajstić information content (AvgIpc) is 3.16. The lowest BCUT2D eigenvalue weighted by molar-refractivity contribution is -0.142.